The van der Waals surface area contributed by atoms with Crippen LogP contribution in [0.25, 0.3) is 22.5 Å². The monoisotopic (exact) mass is 390 g/mol. The summed E-state index contributed by atoms with van der Waals surface area (Å²) in [5.41, 5.74) is 9.12. The fraction of sp³-hybridized carbons (Fsp3) is 0.304. The highest BCUT2D eigenvalue weighted by Crippen LogP contribution is 2.32. The van der Waals surface area contributed by atoms with Crippen LogP contribution in [0.15, 0.2) is 48.5 Å². The van der Waals surface area contributed by atoms with Gasteiger partial charge in [-0.25, -0.2) is 9.99 Å². The Labute approximate surface area is 171 Å². The third kappa shape index (κ3) is 4.09. The number of ether oxygens (including phenoxy) is 1. The molecule has 1 amide bonds. The number of aryl methyl sites for hydroxylation is 2. The number of amides is 1. The van der Waals surface area contributed by atoms with E-state index in [0.717, 1.165) is 22.5 Å². The summed E-state index contributed by atoms with van der Waals surface area (Å²) >= 11 is 0. The molecule has 4 rings (SSSR count). The van der Waals surface area contributed by atoms with Gasteiger partial charge in [-0.1, -0.05) is 59.7 Å². The van der Waals surface area contributed by atoms with Gasteiger partial charge in [-0.05, 0) is 13.8 Å². The Morgan fingerprint density at radius 3 is 2.07 bits per heavy atom. The maximum absolute atomic E-state index is 13.0. The van der Waals surface area contributed by atoms with Crippen LogP contribution in [0.1, 0.15) is 21.7 Å². The van der Waals surface area contributed by atoms with Gasteiger partial charge in [0.1, 0.15) is 0 Å². The maximum Gasteiger partial charge on any atom is 0.301 e. The molecule has 2 aromatic carbocycles. The molecule has 6 heteroatoms. The van der Waals surface area contributed by atoms with Crippen LogP contribution in [-0.2, 0) is 11.8 Å². The number of imidazole rings is 1. The second-order valence-corrected chi connectivity index (χ2v) is 7.46. The van der Waals surface area contributed by atoms with Crippen molar-refractivity contribution < 1.29 is 9.53 Å². The Morgan fingerprint density at radius 2 is 1.48 bits per heavy atom. The first-order valence-electron chi connectivity index (χ1n) is 9.87. The topological polar surface area (TPSA) is 59.4 Å². The average molecular weight is 390 g/mol. The average Bonchev–Trinajstić information content (AvgIpc) is 3.07. The third-order valence-corrected chi connectivity index (χ3v) is 5.22. The van der Waals surface area contributed by atoms with Gasteiger partial charge in [0.05, 0.1) is 24.6 Å². The minimum atomic E-state index is -0.207. The van der Waals surface area contributed by atoms with Crippen LogP contribution in [0, 0.1) is 13.8 Å². The molecule has 0 atom stereocenters. The van der Waals surface area contributed by atoms with Crippen molar-refractivity contribution in [3.63, 3.8) is 0 Å². The van der Waals surface area contributed by atoms with E-state index in [0.29, 0.717) is 32.1 Å². The Bertz CT molecular complexity index is 1000. The minimum absolute atomic E-state index is 0.207. The highest BCUT2D eigenvalue weighted by molar-refractivity contribution is 5.94. The first-order chi connectivity index (χ1) is 14.0. The quantitative estimate of drug-likeness (QED) is 0.742. The number of carbonyl (C=O) groups is 1. The van der Waals surface area contributed by atoms with E-state index < -0.39 is 0 Å². The Balaban J connectivity index is 1.76. The van der Waals surface area contributed by atoms with Crippen molar-refractivity contribution in [2.75, 3.05) is 26.3 Å². The highest BCUT2D eigenvalue weighted by Gasteiger charge is 2.24. The zero-order chi connectivity index (χ0) is 20.4. The van der Waals surface area contributed by atoms with Crippen LogP contribution in [-0.4, -0.2) is 46.8 Å². The lowest BCUT2D eigenvalue weighted by atomic mass is 10.0. The first kappa shape index (κ1) is 19.4. The van der Waals surface area contributed by atoms with Gasteiger partial charge in [-0.15, -0.1) is 0 Å². The standard InChI is InChI=1S/C23H26N4O2/c1-16-4-8-18(9-5-16)20-21(19-10-6-17(2)7-11-19)26(3)22(24-20)23(28)25-27-12-14-29-15-13-27/h4-11H,12-15H2,1-3H3,(H,25,28). The fourth-order valence-electron chi connectivity index (χ4n) is 3.52. The summed E-state index contributed by atoms with van der Waals surface area (Å²) in [5, 5.41) is 1.89. The van der Waals surface area contributed by atoms with Gasteiger partial charge in [0, 0.05) is 31.3 Å². The molecule has 1 saturated heterocycles. The van der Waals surface area contributed by atoms with E-state index in [-0.39, 0.29) is 5.91 Å². The Hall–Kier alpha value is -2.96. The van der Waals surface area contributed by atoms with Crippen molar-refractivity contribution in [1.29, 1.82) is 0 Å². The smallest absolute Gasteiger partial charge is 0.301 e. The van der Waals surface area contributed by atoms with E-state index in [1.54, 1.807) is 0 Å². The second kappa shape index (κ2) is 8.19. The summed E-state index contributed by atoms with van der Waals surface area (Å²) in [6.07, 6.45) is 0. The van der Waals surface area contributed by atoms with Crippen LogP contribution < -0.4 is 5.43 Å². The molecule has 0 unspecified atom stereocenters. The summed E-state index contributed by atoms with van der Waals surface area (Å²) in [6, 6.07) is 16.6. The van der Waals surface area contributed by atoms with Crippen LogP contribution in [0.2, 0.25) is 0 Å². The molecule has 150 valence electrons. The minimum Gasteiger partial charge on any atom is -0.379 e. The molecule has 1 aromatic heterocycles. The lowest BCUT2D eigenvalue weighted by Gasteiger charge is -2.26. The number of nitrogens with zero attached hydrogens (tertiary/aromatic N) is 3. The molecule has 1 N–H and O–H groups in total. The number of morpholine rings is 1. The number of benzene rings is 2. The molecule has 0 aliphatic carbocycles. The van der Waals surface area contributed by atoms with Gasteiger partial charge in [-0.3, -0.25) is 10.2 Å². The summed E-state index contributed by atoms with van der Waals surface area (Å²) in [5.74, 6) is 0.184. The van der Waals surface area contributed by atoms with Crippen molar-refractivity contribution in [3.05, 3.63) is 65.5 Å². The van der Waals surface area contributed by atoms with Gasteiger partial charge in [-0.2, -0.15) is 0 Å². The van der Waals surface area contributed by atoms with Crippen LogP contribution in [0.4, 0.5) is 0 Å². The van der Waals surface area contributed by atoms with Crippen molar-refractivity contribution >= 4 is 5.91 Å². The van der Waals surface area contributed by atoms with Gasteiger partial charge >= 0.3 is 5.91 Å². The van der Waals surface area contributed by atoms with E-state index >= 15 is 0 Å². The number of hydrazine groups is 1. The van der Waals surface area contributed by atoms with Crippen molar-refractivity contribution in [2.24, 2.45) is 7.05 Å². The molecule has 1 fully saturated rings. The summed E-state index contributed by atoms with van der Waals surface area (Å²) in [7, 11) is 1.90. The molecular formula is C23H26N4O2. The largest absolute Gasteiger partial charge is 0.379 e. The summed E-state index contributed by atoms with van der Waals surface area (Å²) in [6.45, 7) is 6.70. The van der Waals surface area contributed by atoms with E-state index in [4.69, 9.17) is 9.72 Å². The van der Waals surface area contributed by atoms with E-state index in [2.05, 4.69) is 67.8 Å². The number of hydrogen-bond acceptors (Lipinski definition) is 4. The fourth-order valence-corrected chi connectivity index (χ4v) is 3.52. The van der Waals surface area contributed by atoms with Crippen LogP contribution >= 0.6 is 0 Å². The highest BCUT2D eigenvalue weighted by atomic mass is 16.5. The molecule has 0 radical (unpaired) electrons. The molecular weight excluding hydrogens is 364 g/mol. The normalized spacial score (nSPS) is 14.7. The lowest BCUT2D eigenvalue weighted by Crippen LogP contribution is -2.48. The lowest BCUT2D eigenvalue weighted by molar-refractivity contribution is 0.0122. The molecule has 3 aromatic rings. The molecule has 0 spiro atoms. The molecule has 1 aliphatic rings. The van der Waals surface area contributed by atoms with Crippen LogP contribution in [0.3, 0.4) is 0 Å². The molecule has 0 saturated carbocycles. The van der Waals surface area contributed by atoms with Gasteiger partial charge in [0.25, 0.3) is 0 Å². The molecule has 29 heavy (non-hydrogen) atoms. The van der Waals surface area contributed by atoms with Crippen molar-refractivity contribution in [3.8, 4) is 22.5 Å². The van der Waals surface area contributed by atoms with E-state index in [1.807, 2.05) is 16.6 Å². The van der Waals surface area contributed by atoms with Crippen molar-refractivity contribution in [2.45, 2.75) is 13.8 Å². The van der Waals surface area contributed by atoms with Gasteiger partial charge in [0.15, 0.2) is 0 Å². The number of aromatic nitrogens is 2. The predicted molar refractivity (Wildman–Crippen MR) is 113 cm³/mol. The third-order valence-electron chi connectivity index (χ3n) is 5.22. The first-order valence-corrected chi connectivity index (χ1v) is 9.87. The number of carbonyl (C=O) groups excluding carboxylic acids is 1. The predicted octanol–water partition coefficient (Wildman–Crippen LogP) is 3.35. The molecule has 2 heterocycles. The second-order valence-electron chi connectivity index (χ2n) is 7.46. The van der Waals surface area contributed by atoms with E-state index in [9.17, 15) is 4.79 Å². The van der Waals surface area contributed by atoms with Crippen molar-refractivity contribution in [1.82, 2.24) is 20.0 Å². The zero-order valence-electron chi connectivity index (χ0n) is 17.1. The molecule has 0 bridgehead atoms. The van der Waals surface area contributed by atoms with E-state index in [1.165, 1.54) is 11.1 Å². The summed E-state index contributed by atoms with van der Waals surface area (Å²) in [4.78, 5) is 17.8. The number of rotatable bonds is 4. The molecule has 1 aliphatic heterocycles. The Morgan fingerprint density at radius 1 is 0.931 bits per heavy atom. The molecule has 6 nitrogen and oxygen atoms in total. The van der Waals surface area contributed by atoms with Gasteiger partial charge in [0.2, 0.25) is 5.82 Å². The van der Waals surface area contributed by atoms with Crippen LogP contribution in [0.5, 0.6) is 0 Å². The zero-order valence-corrected chi connectivity index (χ0v) is 17.1. The maximum atomic E-state index is 13.0. The number of hydrogen-bond donors (Lipinski definition) is 1. The summed E-state index contributed by atoms with van der Waals surface area (Å²) < 4.78 is 7.24. The Kier molecular flexibility index (Phi) is 5.47. The number of nitrogens with one attached hydrogen (secondary N) is 1. The van der Waals surface area contributed by atoms with Gasteiger partial charge < -0.3 is 9.30 Å². The SMILES string of the molecule is Cc1ccc(-c2nc(C(=O)NN3CCOCC3)n(C)c2-c2ccc(C)cc2)cc1.